The molecule has 1 saturated heterocycles. The van der Waals surface area contributed by atoms with Crippen molar-refractivity contribution >= 4 is 34.9 Å². The van der Waals surface area contributed by atoms with E-state index in [0.717, 1.165) is 24.1 Å². The predicted octanol–water partition coefficient (Wildman–Crippen LogP) is 4.27. The molecule has 0 atom stereocenters. The zero-order chi connectivity index (χ0) is 23.9. The van der Waals surface area contributed by atoms with Crippen LogP contribution in [0.2, 0.25) is 0 Å². The van der Waals surface area contributed by atoms with Crippen LogP contribution in [0.1, 0.15) is 32.9 Å². The Kier molecular flexibility index (Phi) is 7.54. The summed E-state index contributed by atoms with van der Waals surface area (Å²) in [7, 11) is 1.34. The second-order valence-corrected chi connectivity index (χ2v) is 9.07. The van der Waals surface area contributed by atoms with Crippen LogP contribution in [-0.2, 0) is 4.74 Å². The number of piperidine rings is 1. The number of thiazole rings is 1. The summed E-state index contributed by atoms with van der Waals surface area (Å²) in [4.78, 5) is 43.3. The molecule has 0 radical (unpaired) electrons. The molecule has 1 aromatic heterocycles. The lowest BCUT2D eigenvalue weighted by Crippen LogP contribution is -2.43. The van der Waals surface area contributed by atoms with Gasteiger partial charge in [0.05, 0.1) is 18.9 Å². The third-order valence-corrected chi connectivity index (χ3v) is 6.81. The summed E-state index contributed by atoms with van der Waals surface area (Å²) in [5.41, 5.74) is 2.08. The molecule has 1 fully saturated rings. The van der Waals surface area contributed by atoms with Crippen molar-refractivity contribution in [1.82, 2.24) is 15.2 Å². The molecule has 0 spiro atoms. The lowest BCUT2D eigenvalue weighted by Gasteiger charge is -2.32. The van der Waals surface area contributed by atoms with Crippen LogP contribution in [0.5, 0.6) is 0 Å². The van der Waals surface area contributed by atoms with E-state index in [1.54, 1.807) is 30.5 Å². The molecule has 1 aliphatic heterocycles. The molecule has 8 nitrogen and oxygen atoms in total. The topological polar surface area (TPSA) is 101 Å². The smallest absolute Gasteiger partial charge is 0.337 e. The highest BCUT2D eigenvalue weighted by Gasteiger charge is 2.23. The number of para-hydroxylation sites is 1. The average Bonchev–Trinajstić information content (AvgIpc) is 3.38. The van der Waals surface area contributed by atoms with Gasteiger partial charge in [0.25, 0.3) is 5.91 Å². The fourth-order valence-electron chi connectivity index (χ4n) is 3.77. The number of anilines is 1. The molecule has 176 valence electrons. The van der Waals surface area contributed by atoms with Crippen molar-refractivity contribution < 1.29 is 19.1 Å². The van der Waals surface area contributed by atoms with Gasteiger partial charge >= 0.3 is 12.0 Å². The van der Waals surface area contributed by atoms with Crippen LogP contribution in [-0.4, -0.2) is 54.5 Å². The van der Waals surface area contributed by atoms with Gasteiger partial charge in [0, 0.05) is 30.9 Å². The Balaban J connectivity index is 1.24. The van der Waals surface area contributed by atoms with Crippen molar-refractivity contribution in [1.29, 1.82) is 0 Å². The van der Waals surface area contributed by atoms with E-state index in [1.165, 1.54) is 18.4 Å². The van der Waals surface area contributed by atoms with Crippen molar-refractivity contribution in [3.8, 4) is 10.6 Å². The second-order valence-electron chi connectivity index (χ2n) is 8.04. The first-order valence-corrected chi connectivity index (χ1v) is 11.9. The Labute approximate surface area is 202 Å². The molecule has 0 saturated carbocycles. The summed E-state index contributed by atoms with van der Waals surface area (Å²) >= 11 is 1.31. The molecule has 4 rings (SSSR count). The molecular formula is C25H26N4O4S. The van der Waals surface area contributed by atoms with E-state index >= 15 is 0 Å². The highest BCUT2D eigenvalue weighted by atomic mass is 32.1. The zero-order valence-corrected chi connectivity index (χ0v) is 19.6. The van der Waals surface area contributed by atoms with Gasteiger partial charge < -0.3 is 20.3 Å². The fraction of sp³-hybridized carbons (Fsp3) is 0.280. The summed E-state index contributed by atoms with van der Waals surface area (Å²) in [5.74, 6) is -0.226. The van der Waals surface area contributed by atoms with Crippen LogP contribution >= 0.6 is 11.3 Å². The number of nitrogens with zero attached hydrogens (tertiary/aromatic N) is 2. The summed E-state index contributed by atoms with van der Waals surface area (Å²) < 4.78 is 4.71. The van der Waals surface area contributed by atoms with E-state index in [9.17, 15) is 14.4 Å². The third kappa shape index (κ3) is 5.79. The number of esters is 1. The lowest BCUT2D eigenvalue weighted by molar-refractivity contribution is 0.0600. The lowest BCUT2D eigenvalue weighted by atomic mass is 9.97. The molecule has 2 aromatic carbocycles. The molecule has 34 heavy (non-hydrogen) atoms. The maximum Gasteiger partial charge on any atom is 0.337 e. The van der Waals surface area contributed by atoms with Gasteiger partial charge in [-0.1, -0.05) is 30.3 Å². The number of methoxy groups -OCH3 is 1. The summed E-state index contributed by atoms with van der Waals surface area (Å²) in [5, 5.41) is 6.62. The molecule has 2 N–H and O–H groups in total. The molecule has 3 amide bonds. The maximum absolute atomic E-state index is 12.6. The van der Waals surface area contributed by atoms with Crippen molar-refractivity contribution in [2.45, 2.75) is 12.8 Å². The Hall–Kier alpha value is -3.72. The van der Waals surface area contributed by atoms with E-state index in [0.29, 0.717) is 41.0 Å². The highest BCUT2D eigenvalue weighted by Crippen LogP contribution is 2.26. The second kappa shape index (κ2) is 10.9. The van der Waals surface area contributed by atoms with E-state index < -0.39 is 5.97 Å². The van der Waals surface area contributed by atoms with Gasteiger partial charge in [0.15, 0.2) is 0 Å². The quantitative estimate of drug-likeness (QED) is 0.516. The number of hydrogen-bond acceptors (Lipinski definition) is 6. The van der Waals surface area contributed by atoms with Gasteiger partial charge in [-0.2, -0.15) is 0 Å². The highest BCUT2D eigenvalue weighted by molar-refractivity contribution is 7.16. The van der Waals surface area contributed by atoms with Gasteiger partial charge in [0.2, 0.25) is 0 Å². The molecule has 0 aliphatic carbocycles. The zero-order valence-electron chi connectivity index (χ0n) is 18.8. The van der Waals surface area contributed by atoms with Crippen LogP contribution in [0.4, 0.5) is 10.5 Å². The molecule has 9 heteroatoms. The van der Waals surface area contributed by atoms with Crippen LogP contribution in [0.15, 0.2) is 60.8 Å². The van der Waals surface area contributed by atoms with Crippen molar-refractivity contribution in [3.63, 3.8) is 0 Å². The number of amides is 3. The standard InChI is InChI=1S/C25H26N4O4S/c1-33-24(31)19-9-7-18(8-10-19)23-27-16-21(34-23)22(30)26-15-17-11-13-29(14-12-17)25(32)28-20-5-3-2-4-6-20/h2-10,16-17H,11-15H2,1H3,(H,26,30)(H,28,32). The van der Waals surface area contributed by atoms with Crippen molar-refractivity contribution in [3.05, 3.63) is 71.2 Å². The molecule has 3 aromatic rings. The van der Waals surface area contributed by atoms with Crippen LogP contribution in [0.3, 0.4) is 0 Å². The summed E-state index contributed by atoms with van der Waals surface area (Å²) in [6.45, 7) is 1.88. The number of urea groups is 1. The molecule has 1 aliphatic rings. The number of rotatable bonds is 6. The number of aromatic nitrogens is 1. The number of benzene rings is 2. The third-order valence-electron chi connectivity index (χ3n) is 5.76. The predicted molar refractivity (Wildman–Crippen MR) is 131 cm³/mol. The monoisotopic (exact) mass is 478 g/mol. The first kappa shape index (κ1) is 23.4. The maximum atomic E-state index is 12.6. The Bertz CT molecular complexity index is 1140. The average molecular weight is 479 g/mol. The van der Waals surface area contributed by atoms with E-state index in [1.807, 2.05) is 35.2 Å². The molecular weight excluding hydrogens is 452 g/mol. The Morgan fingerprint density at radius 2 is 1.76 bits per heavy atom. The Morgan fingerprint density at radius 3 is 2.44 bits per heavy atom. The minimum Gasteiger partial charge on any atom is -0.465 e. The van der Waals surface area contributed by atoms with Crippen molar-refractivity contribution in [2.24, 2.45) is 5.92 Å². The fourth-order valence-corrected chi connectivity index (χ4v) is 4.61. The number of ether oxygens (including phenoxy) is 1. The van der Waals surface area contributed by atoms with Gasteiger partial charge in [0.1, 0.15) is 9.88 Å². The first-order chi connectivity index (χ1) is 16.5. The minimum atomic E-state index is -0.395. The molecule has 0 bridgehead atoms. The van der Waals surface area contributed by atoms with Gasteiger partial charge in [-0.25, -0.2) is 14.6 Å². The largest absolute Gasteiger partial charge is 0.465 e. The van der Waals surface area contributed by atoms with E-state index in [4.69, 9.17) is 4.74 Å². The van der Waals surface area contributed by atoms with Gasteiger partial charge in [-0.3, -0.25) is 4.79 Å². The number of likely N-dealkylation sites (tertiary alicyclic amines) is 1. The summed E-state index contributed by atoms with van der Waals surface area (Å²) in [6, 6.07) is 16.2. The number of carbonyl (C=O) groups excluding carboxylic acids is 3. The first-order valence-electron chi connectivity index (χ1n) is 11.1. The number of carbonyl (C=O) groups is 3. The Morgan fingerprint density at radius 1 is 1.06 bits per heavy atom. The number of nitrogens with one attached hydrogen (secondary N) is 2. The van der Waals surface area contributed by atoms with E-state index in [-0.39, 0.29) is 11.9 Å². The van der Waals surface area contributed by atoms with Crippen LogP contribution < -0.4 is 10.6 Å². The molecule has 2 heterocycles. The molecule has 0 unspecified atom stereocenters. The number of hydrogen-bond donors (Lipinski definition) is 2. The normalized spacial score (nSPS) is 13.9. The minimum absolute atomic E-state index is 0.0921. The van der Waals surface area contributed by atoms with Crippen molar-refractivity contribution in [2.75, 3.05) is 32.1 Å². The SMILES string of the molecule is COC(=O)c1ccc(-c2ncc(C(=O)NCC3CCN(C(=O)Nc4ccccc4)CC3)s2)cc1. The summed E-state index contributed by atoms with van der Waals surface area (Å²) in [6.07, 6.45) is 3.24. The van der Waals surface area contributed by atoms with Crippen LogP contribution in [0.25, 0.3) is 10.6 Å². The van der Waals surface area contributed by atoms with Gasteiger partial charge in [-0.15, -0.1) is 11.3 Å². The van der Waals surface area contributed by atoms with E-state index in [2.05, 4.69) is 15.6 Å². The van der Waals surface area contributed by atoms with Gasteiger partial charge in [-0.05, 0) is 43.0 Å². The van der Waals surface area contributed by atoms with Crippen LogP contribution in [0, 0.1) is 5.92 Å².